The molecule has 16 heavy (non-hydrogen) atoms. The standard InChI is InChI=1S/C13H23NO2/c1-4-13(15,10-16-3)12(9-14)7-5-11(2)6-8-12/h11,15H,4-8,10H2,1-3H3. The van der Waals surface area contributed by atoms with Crippen molar-refractivity contribution in [1.82, 2.24) is 0 Å². The van der Waals surface area contributed by atoms with Gasteiger partial charge in [0.25, 0.3) is 0 Å². The topological polar surface area (TPSA) is 53.2 Å². The minimum atomic E-state index is -0.989. The van der Waals surface area contributed by atoms with Crippen molar-refractivity contribution in [1.29, 1.82) is 5.26 Å². The van der Waals surface area contributed by atoms with Crippen molar-refractivity contribution in [3.8, 4) is 6.07 Å². The molecule has 3 heteroatoms. The zero-order valence-corrected chi connectivity index (χ0v) is 10.6. The van der Waals surface area contributed by atoms with Crippen LogP contribution in [0.2, 0.25) is 0 Å². The Bertz CT molecular complexity index is 264. The van der Waals surface area contributed by atoms with Crippen LogP contribution in [0, 0.1) is 22.7 Å². The SMILES string of the molecule is CCC(O)(COC)C1(C#N)CCC(C)CC1. The molecule has 1 atom stereocenters. The Labute approximate surface area is 98.4 Å². The maximum absolute atomic E-state index is 10.6. The smallest absolute Gasteiger partial charge is 0.106 e. The second kappa shape index (κ2) is 5.16. The number of hydrogen-bond donors (Lipinski definition) is 1. The van der Waals surface area contributed by atoms with Crippen LogP contribution in [0.1, 0.15) is 46.0 Å². The molecule has 0 heterocycles. The molecule has 0 spiro atoms. The molecule has 1 saturated carbocycles. The largest absolute Gasteiger partial charge is 0.386 e. The zero-order valence-electron chi connectivity index (χ0n) is 10.6. The van der Waals surface area contributed by atoms with Crippen LogP contribution in [0.5, 0.6) is 0 Å². The first-order chi connectivity index (χ1) is 7.53. The van der Waals surface area contributed by atoms with E-state index < -0.39 is 11.0 Å². The van der Waals surface area contributed by atoms with Crippen molar-refractivity contribution in [2.45, 2.75) is 51.6 Å². The summed E-state index contributed by atoms with van der Waals surface area (Å²) in [7, 11) is 1.58. The van der Waals surface area contributed by atoms with Gasteiger partial charge in [-0.3, -0.25) is 0 Å². The number of methoxy groups -OCH3 is 1. The summed E-state index contributed by atoms with van der Waals surface area (Å²) in [5, 5.41) is 20.1. The monoisotopic (exact) mass is 225 g/mol. The molecule has 1 fully saturated rings. The molecular weight excluding hydrogens is 202 g/mol. The molecule has 0 aromatic rings. The lowest BCUT2D eigenvalue weighted by Gasteiger charge is -2.45. The van der Waals surface area contributed by atoms with Gasteiger partial charge in [0.05, 0.1) is 18.1 Å². The molecule has 1 unspecified atom stereocenters. The molecule has 0 saturated heterocycles. The summed E-state index contributed by atoms with van der Waals surface area (Å²) in [5.74, 6) is 0.671. The summed E-state index contributed by atoms with van der Waals surface area (Å²) in [6.07, 6.45) is 4.21. The van der Waals surface area contributed by atoms with E-state index >= 15 is 0 Å². The lowest BCUT2D eigenvalue weighted by Crippen LogP contribution is -2.52. The maximum Gasteiger partial charge on any atom is 0.106 e. The van der Waals surface area contributed by atoms with Crippen molar-refractivity contribution in [3.63, 3.8) is 0 Å². The second-order valence-corrected chi connectivity index (χ2v) is 5.19. The summed E-state index contributed by atoms with van der Waals surface area (Å²) >= 11 is 0. The van der Waals surface area contributed by atoms with Gasteiger partial charge in [0.1, 0.15) is 5.60 Å². The van der Waals surface area contributed by atoms with Gasteiger partial charge < -0.3 is 9.84 Å². The molecule has 0 bridgehead atoms. The quantitative estimate of drug-likeness (QED) is 0.799. The van der Waals surface area contributed by atoms with E-state index in [0.29, 0.717) is 12.3 Å². The molecule has 1 rings (SSSR count). The van der Waals surface area contributed by atoms with E-state index in [9.17, 15) is 10.4 Å². The molecule has 3 nitrogen and oxygen atoms in total. The highest BCUT2D eigenvalue weighted by Gasteiger charge is 2.50. The first kappa shape index (κ1) is 13.5. The van der Waals surface area contributed by atoms with Gasteiger partial charge in [-0.15, -0.1) is 0 Å². The average molecular weight is 225 g/mol. The van der Waals surface area contributed by atoms with Crippen LogP contribution >= 0.6 is 0 Å². The zero-order chi connectivity index (χ0) is 12.2. The van der Waals surface area contributed by atoms with Gasteiger partial charge in [-0.25, -0.2) is 0 Å². The fourth-order valence-electron chi connectivity index (χ4n) is 2.75. The minimum Gasteiger partial charge on any atom is -0.386 e. The number of hydrogen-bond acceptors (Lipinski definition) is 3. The molecule has 0 aromatic heterocycles. The summed E-state index contributed by atoms with van der Waals surface area (Å²) in [6.45, 7) is 4.39. The highest BCUT2D eigenvalue weighted by atomic mass is 16.5. The molecule has 0 aromatic carbocycles. The number of nitrogens with zero attached hydrogens (tertiary/aromatic N) is 1. The van der Waals surface area contributed by atoms with Crippen molar-refractivity contribution in [2.75, 3.05) is 13.7 Å². The van der Waals surface area contributed by atoms with Gasteiger partial charge >= 0.3 is 0 Å². The van der Waals surface area contributed by atoms with Crippen LogP contribution in [0.25, 0.3) is 0 Å². The third-order valence-electron chi connectivity index (χ3n) is 4.20. The van der Waals surface area contributed by atoms with Crippen molar-refractivity contribution in [2.24, 2.45) is 11.3 Å². The normalized spacial score (nSPS) is 34.1. The van der Waals surface area contributed by atoms with Gasteiger partial charge in [0, 0.05) is 7.11 Å². The van der Waals surface area contributed by atoms with Crippen LogP contribution in [0.4, 0.5) is 0 Å². The molecule has 1 N–H and O–H groups in total. The molecule has 1 aliphatic carbocycles. The lowest BCUT2D eigenvalue weighted by molar-refractivity contribution is -0.120. The molecule has 1 aliphatic rings. The van der Waals surface area contributed by atoms with Gasteiger partial charge in [-0.2, -0.15) is 5.26 Å². The first-order valence-corrected chi connectivity index (χ1v) is 6.16. The summed E-state index contributed by atoms with van der Waals surface area (Å²) < 4.78 is 5.10. The summed E-state index contributed by atoms with van der Waals surface area (Å²) in [4.78, 5) is 0. The third-order valence-corrected chi connectivity index (χ3v) is 4.20. The Morgan fingerprint density at radius 2 is 2.06 bits per heavy atom. The lowest BCUT2D eigenvalue weighted by atomic mass is 9.61. The van der Waals surface area contributed by atoms with E-state index in [2.05, 4.69) is 13.0 Å². The predicted molar refractivity (Wildman–Crippen MR) is 62.8 cm³/mol. The van der Waals surface area contributed by atoms with Crippen molar-refractivity contribution >= 4 is 0 Å². The van der Waals surface area contributed by atoms with E-state index in [-0.39, 0.29) is 6.61 Å². The third kappa shape index (κ3) is 2.23. The molecule has 92 valence electrons. The fourth-order valence-corrected chi connectivity index (χ4v) is 2.75. The maximum atomic E-state index is 10.6. The highest BCUT2D eigenvalue weighted by Crippen LogP contribution is 2.47. The van der Waals surface area contributed by atoms with Crippen molar-refractivity contribution in [3.05, 3.63) is 0 Å². The Morgan fingerprint density at radius 3 is 2.44 bits per heavy atom. The fraction of sp³-hybridized carbons (Fsp3) is 0.923. The number of nitriles is 1. The Balaban J connectivity index is 2.90. The highest BCUT2D eigenvalue weighted by molar-refractivity contribution is 5.12. The van der Waals surface area contributed by atoms with Gasteiger partial charge in [-0.05, 0) is 38.0 Å². The van der Waals surface area contributed by atoms with Crippen LogP contribution in [0.15, 0.2) is 0 Å². The van der Waals surface area contributed by atoms with Crippen molar-refractivity contribution < 1.29 is 9.84 Å². The van der Waals surface area contributed by atoms with Gasteiger partial charge in [0.2, 0.25) is 0 Å². The number of aliphatic hydroxyl groups is 1. The van der Waals surface area contributed by atoms with Gasteiger partial charge in [0.15, 0.2) is 0 Å². The summed E-state index contributed by atoms with van der Waals surface area (Å²) in [5.41, 5.74) is -1.60. The molecule has 0 aliphatic heterocycles. The summed E-state index contributed by atoms with van der Waals surface area (Å²) in [6, 6.07) is 2.38. The van der Waals surface area contributed by atoms with E-state index in [1.54, 1.807) is 7.11 Å². The molecular formula is C13H23NO2. The second-order valence-electron chi connectivity index (χ2n) is 5.19. The van der Waals surface area contributed by atoms with Crippen LogP contribution in [0.3, 0.4) is 0 Å². The Hall–Kier alpha value is -0.590. The van der Waals surface area contributed by atoms with E-state index in [0.717, 1.165) is 25.7 Å². The predicted octanol–water partition coefficient (Wildman–Crippen LogP) is 2.49. The van der Waals surface area contributed by atoms with Crippen LogP contribution < -0.4 is 0 Å². The van der Waals surface area contributed by atoms with Crippen LogP contribution in [-0.2, 0) is 4.74 Å². The Kier molecular flexibility index (Phi) is 4.35. The van der Waals surface area contributed by atoms with Crippen LogP contribution in [-0.4, -0.2) is 24.4 Å². The first-order valence-electron chi connectivity index (χ1n) is 6.16. The molecule has 0 amide bonds. The average Bonchev–Trinajstić information content (AvgIpc) is 2.30. The number of rotatable bonds is 4. The number of ether oxygens (including phenoxy) is 1. The van der Waals surface area contributed by atoms with E-state index in [1.807, 2.05) is 6.92 Å². The van der Waals surface area contributed by atoms with E-state index in [4.69, 9.17) is 4.74 Å². The molecule has 0 radical (unpaired) electrons. The minimum absolute atomic E-state index is 0.255. The Morgan fingerprint density at radius 1 is 1.50 bits per heavy atom. The van der Waals surface area contributed by atoms with E-state index in [1.165, 1.54) is 0 Å². The van der Waals surface area contributed by atoms with Gasteiger partial charge in [-0.1, -0.05) is 13.8 Å².